The van der Waals surface area contributed by atoms with Crippen LogP contribution in [0.4, 0.5) is 11.5 Å². The molecule has 0 fully saturated rings. The molecule has 0 aliphatic heterocycles. The zero-order chi connectivity index (χ0) is 20.6. The summed E-state index contributed by atoms with van der Waals surface area (Å²) < 4.78 is 10.7. The molecule has 29 heavy (non-hydrogen) atoms. The molecule has 2 N–H and O–H groups in total. The van der Waals surface area contributed by atoms with Gasteiger partial charge in [-0.15, -0.1) is 10.2 Å². The van der Waals surface area contributed by atoms with Crippen LogP contribution < -0.4 is 20.1 Å². The number of benzene rings is 2. The van der Waals surface area contributed by atoms with Gasteiger partial charge in [0.15, 0.2) is 11.5 Å². The molecule has 0 radical (unpaired) electrons. The van der Waals surface area contributed by atoms with E-state index in [9.17, 15) is 4.79 Å². The van der Waals surface area contributed by atoms with Gasteiger partial charge in [-0.05, 0) is 67.4 Å². The summed E-state index contributed by atoms with van der Waals surface area (Å²) in [5, 5.41) is 14.1. The van der Waals surface area contributed by atoms with Crippen LogP contribution in [0.25, 0.3) is 0 Å². The lowest BCUT2D eigenvalue weighted by atomic mass is 10.1. The second-order valence-corrected chi connectivity index (χ2v) is 6.46. The van der Waals surface area contributed by atoms with Gasteiger partial charge in [0.05, 0.1) is 13.7 Å². The van der Waals surface area contributed by atoms with Gasteiger partial charge < -0.3 is 20.1 Å². The molecule has 0 spiro atoms. The van der Waals surface area contributed by atoms with E-state index in [1.54, 1.807) is 19.2 Å². The lowest BCUT2D eigenvalue weighted by Gasteiger charge is -2.11. The van der Waals surface area contributed by atoms with Crippen LogP contribution in [0, 0.1) is 13.8 Å². The number of carbonyl (C=O) groups is 1. The van der Waals surface area contributed by atoms with Gasteiger partial charge in [0.1, 0.15) is 18.1 Å². The van der Waals surface area contributed by atoms with Crippen molar-refractivity contribution in [2.75, 3.05) is 25.6 Å². The fourth-order valence-electron chi connectivity index (χ4n) is 2.64. The van der Waals surface area contributed by atoms with Crippen LogP contribution in [0.2, 0.25) is 0 Å². The van der Waals surface area contributed by atoms with Crippen LogP contribution in [0.5, 0.6) is 11.5 Å². The van der Waals surface area contributed by atoms with Crippen molar-refractivity contribution in [2.24, 2.45) is 0 Å². The van der Waals surface area contributed by atoms with E-state index in [4.69, 9.17) is 9.47 Å². The molecule has 0 aliphatic carbocycles. The number of methoxy groups -OCH3 is 1. The van der Waals surface area contributed by atoms with Crippen molar-refractivity contribution in [1.82, 2.24) is 15.5 Å². The standard InChI is InChI=1S/C22H24N4O3/c1-15-5-4-6-19(16(15)2)24-21-12-11-20(25-26-21)22(27)23-13-14-29-18-9-7-17(28-3)8-10-18/h4-12H,13-14H2,1-3H3,(H,23,27)(H,24,26). The topological polar surface area (TPSA) is 85.4 Å². The number of hydrogen-bond acceptors (Lipinski definition) is 6. The highest BCUT2D eigenvalue weighted by Crippen LogP contribution is 2.21. The van der Waals surface area contributed by atoms with Gasteiger partial charge in [0.25, 0.3) is 5.91 Å². The van der Waals surface area contributed by atoms with Gasteiger partial charge in [-0.25, -0.2) is 0 Å². The number of nitrogens with zero attached hydrogens (tertiary/aromatic N) is 2. The first-order valence-corrected chi connectivity index (χ1v) is 9.29. The van der Waals surface area contributed by atoms with E-state index in [0.29, 0.717) is 24.7 Å². The van der Waals surface area contributed by atoms with Crippen molar-refractivity contribution in [3.8, 4) is 11.5 Å². The Labute approximate surface area is 170 Å². The minimum Gasteiger partial charge on any atom is -0.497 e. The maximum atomic E-state index is 12.2. The van der Waals surface area contributed by atoms with Crippen molar-refractivity contribution in [3.63, 3.8) is 0 Å². The molecule has 0 unspecified atom stereocenters. The van der Waals surface area contributed by atoms with Crippen LogP contribution in [-0.2, 0) is 0 Å². The molecule has 0 bridgehead atoms. The van der Waals surface area contributed by atoms with E-state index in [1.165, 1.54) is 5.56 Å². The average Bonchev–Trinajstić information content (AvgIpc) is 2.75. The van der Waals surface area contributed by atoms with Crippen molar-refractivity contribution in [2.45, 2.75) is 13.8 Å². The fraction of sp³-hybridized carbons (Fsp3) is 0.227. The summed E-state index contributed by atoms with van der Waals surface area (Å²) in [5.41, 5.74) is 3.55. The third-order valence-electron chi connectivity index (χ3n) is 4.48. The molecule has 1 amide bonds. The minimum atomic E-state index is -0.297. The molecular formula is C22H24N4O3. The molecule has 3 aromatic rings. The highest BCUT2D eigenvalue weighted by atomic mass is 16.5. The Morgan fingerprint density at radius 3 is 2.41 bits per heavy atom. The predicted octanol–water partition coefficient (Wildman–Crippen LogP) is 3.65. The second-order valence-electron chi connectivity index (χ2n) is 6.46. The average molecular weight is 392 g/mol. The molecule has 150 valence electrons. The van der Waals surface area contributed by atoms with Crippen molar-refractivity contribution >= 4 is 17.4 Å². The summed E-state index contributed by atoms with van der Waals surface area (Å²) in [7, 11) is 1.61. The molecule has 0 saturated carbocycles. The van der Waals surface area contributed by atoms with Gasteiger partial charge >= 0.3 is 0 Å². The molecule has 0 atom stereocenters. The maximum absolute atomic E-state index is 12.2. The zero-order valence-corrected chi connectivity index (χ0v) is 16.7. The molecule has 1 aromatic heterocycles. The molecule has 3 rings (SSSR count). The third kappa shape index (κ3) is 5.44. The molecular weight excluding hydrogens is 368 g/mol. The summed E-state index contributed by atoms with van der Waals surface area (Å²) in [4.78, 5) is 12.2. The minimum absolute atomic E-state index is 0.251. The van der Waals surface area contributed by atoms with Crippen LogP contribution in [0.1, 0.15) is 21.6 Å². The van der Waals surface area contributed by atoms with Crippen LogP contribution in [-0.4, -0.2) is 36.4 Å². The first-order valence-electron chi connectivity index (χ1n) is 9.29. The first kappa shape index (κ1) is 20.1. The zero-order valence-electron chi connectivity index (χ0n) is 16.7. The van der Waals surface area contributed by atoms with E-state index in [2.05, 4.69) is 33.8 Å². The molecule has 0 aliphatic rings. The van der Waals surface area contributed by atoms with E-state index in [0.717, 1.165) is 17.0 Å². The Morgan fingerprint density at radius 2 is 1.72 bits per heavy atom. The SMILES string of the molecule is COc1ccc(OCCNC(=O)c2ccc(Nc3cccc(C)c3C)nn2)cc1. The van der Waals surface area contributed by atoms with E-state index < -0.39 is 0 Å². The van der Waals surface area contributed by atoms with Gasteiger partial charge in [0, 0.05) is 5.69 Å². The fourth-order valence-corrected chi connectivity index (χ4v) is 2.64. The quantitative estimate of drug-likeness (QED) is 0.569. The summed E-state index contributed by atoms with van der Waals surface area (Å²) in [6.07, 6.45) is 0. The Hall–Kier alpha value is -3.61. The Balaban J connectivity index is 1.47. The van der Waals surface area contributed by atoms with Gasteiger partial charge in [-0.2, -0.15) is 0 Å². The number of aromatic nitrogens is 2. The summed E-state index contributed by atoms with van der Waals surface area (Å²) in [6, 6.07) is 16.6. The Morgan fingerprint density at radius 1 is 0.966 bits per heavy atom. The number of rotatable bonds is 8. The third-order valence-corrected chi connectivity index (χ3v) is 4.48. The first-order chi connectivity index (χ1) is 14.1. The second kappa shape index (κ2) is 9.54. The van der Waals surface area contributed by atoms with Crippen LogP contribution >= 0.6 is 0 Å². The summed E-state index contributed by atoms with van der Waals surface area (Å²) >= 11 is 0. The number of anilines is 2. The van der Waals surface area contributed by atoms with Gasteiger partial charge in [0.2, 0.25) is 0 Å². The summed E-state index contributed by atoms with van der Waals surface area (Å²) in [6.45, 7) is 4.80. The van der Waals surface area contributed by atoms with Gasteiger partial charge in [-0.3, -0.25) is 4.79 Å². The number of aryl methyl sites for hydroxylation is 1. The van der Waals surface area contributed by atoms with Crippen LogP contribution in [0.15, 0.2) is 54.6 Å². The monoisotopic (exact) mass is 392 g/mol. The summed E-state index contributed by atoms with van der Waals surface area (Å²) in [5.74, 6) is 1.76. The largest absolute Gasteiger partial charge is 0.497 e. The number of amides is 1. The molecule has 7 heteroatoms. The van der Waals surface area contributed by atoms with Crippen molar-refractivity contribution in [1.29, 1.82) is 0 Å². The van der Waals surface area contributed by atoms with E-state index in [1.807, 2.05) is 43.3 Å². The van der Waals surface area contributed by atoms with E-state index >= 15 is 0 Å². The van der Waals surface area contributed by atoms with E-state index in [-0.39, 0.29) is 11.6 Å². The Kier molecular flexibility index (Phi) is 6.63. The number of carbonyl (C=O) groups excluding carboxylic acids is 1. The maximum Gasteiger partial charge on any atom is 0.271 e. The number of nitrogens with one attached hydrogen (secondary N) is 2. The van der Waals surface area contributed by atoms with Crippen molar-refractivity contribution in [3.05, 3.63) is 71.4 Å². The Bertz CT molecular complexity index is 957. The molecule has 2 aromatic carbocycles. The molecule has 1 heterocycles. The number of ether oxygens (including phenoxy) is 2. The van der Waals surface area contributed by atoms with Crippen LogP contribution in [0.3, 0.4) is 0 Å². The smallest absolute Gasteiger partial charge is 0.271 e. The lowest BCUT2D eigenvalue weighted by Crippen LogP contribution is -2.29. The highest BCUT2D eigenvalue weighted by molar-refractivity contribution is 5.92. The number of hydrogen-bond donors (Lipinski definition) is 2. The molecule has 0 saturated heterocycles. The highest BCUT2D eigenvalue weighted by Gasteiger charge is 2.09. The van der Waals surface area contributed by atoms with Gasteiger partial charge in [-0.1, -0.05) is 12.1 Å². The predicted molar refractivity (Wildman–Crippen MR) is 112 cm³/mol. The lowest BCUT2D eigenvalue weighted by molar-refractivity contribution is 0.0941. The molecule has 7 nitrogen and oxygen atoms in total. The van der Waals surface area contributed by atoms with Crippen molar-refractivity contribution < 1.29 is 14.3 Å². The normalized spacial score (nSPS) is 10.3.